The van der Waals surface area contributed by atoms with Gasteiger partial charge in [-0.15, -0.1) is 0 Å². The number of rotatable bonds is 18. The van der Waals surface area contributed by atoms with E-state index in [0.717, 1.165) is 11.1 Å². The first-order valence-electron chi connectivity index (χ1n) is 34.3. The molecule has 0 atom stereocenters. The van der Waals surface area contributed by atoms with Gasteiger partial charge >= 0.3 is 84.2 Å². The molecule has 0 radical (unpaired) electrons. The van der Waals surface area contributed by atoms with Crippen LogP contribution in [0.3, 0.4) is 0 Å². The summed E-state index contributed by atoms with van der Waals surface area (Å²) in [5.41, 5.74) is 1.84. The van der Waals surface area contributed by atoms with E-state index in [1.54, 1.807) is 0 Å². The molecule has 566 valence electrons. The third-order valence-corrected chi connectivity index (χ3v) is 33.6. The van der Waals surface area contributed by atoms with Crippen LogP contribution in [-0.4, -0.2) is 17.7 Å². The smallest absolute Gasteiger partial charge is 0.358 e. The van der Waals surface area contributed by atoms with Gasteiger partial charge in [0.2, 0.25) is 0 Å². The largest absolute Gasteiger partial charge is 1.00 e. The Morgan fingerprint density at radius 2 is 0.288 bits per heavy atom. The molecule has 0 fully saturated rings. The fourth-order valence-electron chi connectivity index (χ4n) is 10.8. The Morgan fingerprint density at radius 1 is 0.189 bits per heavy atom. The standard InChI is InChI=1S/3C25H22P2.2C10H5.3Cu.F6P/c3*1-5-13-22(14-6-1)26(23-15-7-2-8-16-23)21-27(24-17-9-3-10-18-24)25-19-11-4-12-20-25;2*1-2-3-7-10-8-5-4-6-9-10;;;;1-7(2,3,4,5)6/h3*1-20H,21H2;2*4-6,8-9H;;;;/q;;;2*-1;3*+1;-1. The van der Waals surface area contributed by atoms with Crippen LogP contribution < -0.4 is 63.7 Å². The van der Waals surface area contributed by atoms with Crippen molar-refractivity contribution in [1.82, 2.24) is 0 Å². The van der Waals surface area contributed by atoms with Crippen molar-refractivity contribution in [1.29, 1.82) is 0 Å². The molecule has 0 nitrogen and oxygen atoms in total. The monoisotopic (exact) mass is 1740 g/mol. The number of hydrogen-bond acceptors (Lipinski definition) is 0. The molecule has 0 aliphatic rings. The summed E-state index contributed by atoms with van der Waals surface area (Å²) < 4.78 is 59.2. The molecular weight excluding hydrogens is 1660 g/mol. The quantitative estimate of drug-likeness (QED) is 0.0264. The van der Waals surface area contributed by atoms with Crippen molar-refractivity contribution in [3.63, 3.8) is 0 Å². The molecule has 111 heavy (non-hydrogen) atoms. The summed E-state index contributed by atoms with van der Waals surface area (Å²) in [6.45, 7) is 0. The topological polar surface area (TPSA) is 0 Å². The van der Waals surface area contributed by atoms with Crippen molar-refractivity contribution in [2.45, 2.75) is 0 Å². The molecule has 14 aromatic carbocycles. The normalized spacial score (nSPS) is 10.8. The molecule has 14 aromatic rings. The molecule has 14 rings (SSSR count). The Hall–Kier alpha value is -8.53. The first-order valence-corrected chi connectivity index (χ1v) is 45.5. The molecule has 0 spiro atoms. The summed E-state index contributed by atoms with van der Waals surface area (Å²) >= 11 is 0. The third-order valence-electron chi connectivity index (χ3n) is 15.7. The van der Waals surface area contributed by atoms with Crippen LogP contribution in [0.15, 0.2) is 425 Å². The zero-order valence-corrected chi connectivity index (χ0v) is 68.9. The molecule has 0 aromatic heterocycles. The van der Waals surface area contributed by atoms with Gasteiger partial charge in [-0.25, -0.2) is 11.8 Å². The summed E-state index contributed by atoms with van der Waals surface area (Å²) in [4.78, 5) is 0. The maximum Gasteiger partial charge on any atom is 1.00 e. The molecule has 0 unspecified atom stereocenters. The molecule has 0 amide bonds. The van der Waals surface area contributed by atoms with Gasteiger partial charge in [-0.2, -0.15) is 11.8 Å². The third kappa shape index (κ3) is 34.1. The molecule has 0 aliphatic heterocycles. The molecule has 0 saturated carbocycles. The molecule has 0 bridgehead atoms. The second kappa shape index (κ2) is 48.4. The van der Waals surface area contributed by atoms with Crippen molar-refractivity contribution < 1.29 is 76.4 Å². The molecular formula is C95H76Cu3F6P7. The van der Waals surface area contributed by atoms with Crippen LogP contribution in [0.2, 0.25) is 0 Å². The Kier molecular flexibility index (Phi) is 39.8. The van der Waals surface area contributed by atoms with Gasteiger partial charge in [-0.1, -0.05) is 400 Å². The SMILES string of the molecule is F[P-](F)(F)(F)(F)F.[C-]#CC#Cc1ccccc1.[C-]#CC#Cc1ccccc1.[Cu+].[Cu+].[Cu+].c1ccc(P(CP(c2ccccc2)c2ccccc2)c2ccccc2)cc1.c1ccc(P(CP(c2ccccc2)c2ccccc2)c2ccccc2)cc1.c1ccc(P(CP(c2ccccc2)c2ccccc2)c2ccccc2)cc1. The second-order valence-corrected chi connectivity index (χ2v) is 40.1. The maximum atomic E-state index is 9.87. The first kappa shape index (κ1) is 91.3. The van der Waals surface area contributed by atoms with Crippen LogP contribution in [0.5, 0.6) is 0 Å². The summed E-state index contributed by atoms with van der Waals surface area (Å²) in [5.74, 6) is 17.9. The molecule has 0 saturated heterocycles. The van der Waals surface area contributed by atoms with E-state index in [1.807, 2.05) is 72.5 Å². The van der Waals surface area contributed by atoms with E-state index in [9.17, 15) is 25.2 Å². The molecule has 0 aliphatic carbocycles. The summed E-state index contributed by atoms with van der Waals surface area (Å²) in [6.07, 6.45) is 13.1. The Morgan fingerprint density at radius 3 is 0.387 bits per heavy atom. The average molecular weight is 1740 g/mol. The minimum absolute atomic E-state index is 0. The molecule has 0 heterocycles. The average Bonchev–Trinajstić information content (AvgIpc) is 0.800. The van der Waals surface area contributed by atoms with Crippen LogP contribution in [0.25, 0.3) is 0 Å². The zero-order valence-electron chi connectivity index (χ0n) is 59.8. The van der Waals surface area contributed by atoms with Crippen LogP contribution >= 0.6 is 55.3 Å². The minimum atomic E-state index is -10.7. The van der Waals surface area contributed by atoms with Crippen molar-refractivity contribution in [2.75, 3.05) is 17.7 Å². The van der Waals surface area contributed by atoms with Crippen molar-refractivity contribution in [2.24, 2.45) is 0 Å². The fraction of sp³-hybridized carbons (Fsp3) is 0.0316. The van der Waals surface area contributed by atoms with Crippen LogP contribution in [0.1, 0.15) is 11.1 Å². The first-order chi connectivity index (χ1) is 52.6. The van der Waals surface area contributed by atoms with E-state index < -0.39 is 55.3 Å². The van der Waals surface area contributed by atoms with Crippen molar-refractivity contribution >= 4 is 119 Å². The van der Waals surface area contributed by atoms with Crippen LogP contribution in [0.4, 0.5) is 25.2 Å². The van der Waals surface area contributed by atoms with Crippen molar-refractivity contribution in [3.8, 4) is 35.5 Å². The van der Waals surface area contributed by atoms with Gasteiger partial charge in [-0.3, -0.25) is 11.8 Å². The molecule has 16 heteroatoms. The number of benzene rings is 14. The maximum absolute atomic E-state index is 10.7. The Bertz CT molecular complexity index is 4140. The van der Waals surface area contributed by atoms with E-state index in [0.29, 0.717) is 0 Å². The van der Waals surface area contributed by atoms with Crippen LogP contribution in [-0.2, 0) is 51.2 Å². The van der Waals surface area contributed by atoms with E-state index >= 15 is 0 Å². The summed E-state index contributed by atoms with van der Waals surface area (Å²) in [6, 6.07) is 151. The van der Waals surface area contributed by atoms with Gasteiger partial charge in [0.1, 0.15) is 0 Å². The van der Waals surface area contributed by atoms with E-state index in [4.69, 9.17) is 12.8 Å². The Labute approximate surface area is 691 Å². The Balaban J connectivity index is 0.000000220. The van der Waals surface area contributed by atoms with Gasteiger partial charge in [0, 0.05) is 28.8 Å². The summed E-state index contributed by atoms with van der Waals surface area (Å²) in [7, 11) is -13.1. The van der Waals surface area contributed by atoms with Gasteiger partial charge in [-0.05, 0) is 135 Å². The van der Waals surface area contributed by atoms with Gasteiger partial charge in [0.25, 0.3) is 0 Å². The van der Waals surface area contributed by atoms with Gasteiger partial charge in [0.15, 0.2) is 0 Å². The summed E-state index contributed by atoms with van der Waals surface area (Å²) in [5, 5.41) is 17.5. The second-order valence-electron chi connectivity index (χ2n) is 23.5. The van der Waals surface area contributed by atoms with Gasteiger partial charge in [0.05, 0.1) is 0 Å². The van der Waals surface area contributed by atoms with Crippen molar-refractivity contribution in [3.05, 3.63) is 449 Å². The number of halogens is 6. The van der Waals surface area contributed by atoms with E-state index in [2.05, 4.69) is 388 Å². The van der Waals surface area contributed by atoms with Crippen LogP contribution in [0, 0.1) is 48.4 Å². The molecule has 0 N–H and O–H groups in total. The fourth-order valence-corrected chi connectivity index (χ4v) is 30.2. The van der Waals surface area contributed by atoms with E-state index in [-0.39, 0.29) is 51.2 Å². The van der Waals surface area contributed by atoms with Gasteiger partial charge < -0.3 is 12.8 Å². The predicted molar refractivity (Wildman–Crippen MR) is 464 cm³/mol. The zero-order chi connectivity index (χ0) is 75.8. The number of hydrogen-bond donors (Lipinski definition) is 0. The van der Waals surface area contributed by atoms with E-state index in [1.165, 1.54) is 81.4 Å². The minimum Gasteiger partial charge on any atom is -0.358 e. The predicted octanol–water partition coefficient (Wildman–Crippen LogP) is 22.3.